The molecule has 1 aromatic carbocycles. The maximum absolute atomic E-state index is 5.78. The molecule has 0 amide bonds. The summed E-state index contributed by atoms with van der Waals surface area (Å²) >= 11 is 11.3. The van der Waals surface area contributed by atoms with Crippen LogP contribution < -0.4 is 5.73 Å². The second-order valence-electron chi connectivity index (χ2n) is 2.63. The van der Waals surface area contributed by atoms with E-state index in [-0.39, 0.29) is 0 Å². The van der Waals surface area contributed by atoms with Gasteiger partial charge in [-0.2, -0.15) is 0 Å². The van der Waals surface area contributed by atoms with E-state index in [9.17, 15) is 0 Å². The zero-order valence-electron chi connectivity index (χ0n) is 7.45. The molecule has 1 rings (SSSR count). The molecule has 0 bridgehead atoms. The third-order valence-electron chi connectivity index (χ3n) is 1.47. The third kappa shape index (κ3) is 3.81. The minimum Gasteiger partial charge on any atom is -0.401 e. The van der Waals surface area contributed by atoms with Crippen LogP contribution in [-0.4, -0.2) is 12.1 Å². The van der Waals surface area contributed by atoms with E-state index in [0.717, 1.165) is 5.69 Å². The lowest BCUT2D eigenvalue weighted by molar-refractivity contribution is 1.33. The Bertz CT molecular complexity index is 359. The van der Waals surface area contributed by atoms with Crippen molar-refractivity contribution in [1.29, 1.82) is 0 Å². The van der Waals surface area contributed by atoms with Gasteiger partial charge in [-0.25, -0.2) is 0 Å². The lowest BCUT2D eigenvalue weighted by Crippen LogP contribution is -1.97. The predicted molar refractivity (Wildman–Crippen MR) is 62.6 cm³/mol. The van der Waals surface area contributed by atoms with Gasteiger partial charge < -0.3 is 5.73 Å². The Balaban J connectivity index is 2.69. The molecule has 0 aliphatic carbocycles. The third-order valence-corrected chi connectivity index (χ3v) is 2.02. The molecule has 0 saturated heterocycles. The highest BCUT2D eigenvalue weighted by molar-refractivity contribution is 6.30. The molecule has 0 radical (unpaired) electrons. The topological polar surface area (TPSA) is 38.4 Å². The highest BCUT2D eigenvalue weighted by Crippen LogP contribution is 2.17. The van der Waals surface area contributed by atoms with E-state index >= 15 is 0 Å². The molecule has 0 aromatic heterocycles. The second-order valence-corrected chi connectivity index (χ2v) is 3.34. The Morgan fingerprint density at radius 1 is 1.50 bits per heavy atom. The van der Waals surface area contributed by atoms with Crippen molar-refractivity contribution in [1.82, 2.24) is 0 Å². The van der Waals surface area contributed by atoms with Crippen LogP contribution in [0.25, 0.3) is 0 Å². The Labute approximate surface area is 93.0 Å². The minimum atomic E-state index is 0.307. The number of rotatable bonds is 3. The molecular weight excluding hydrogens is 219 g/mol. The lowest BCUT2D eigenvalue weighted by Gasteiger charge is -1.93. The van der Waals surface area contributed by atoms with Gasteiger partial charge in [0.1, 0.15) is 0 Å². The van der Waals surface area contributed by atoms with Crippen LogP contribution in [0.15, 0.2) is 41.0 Å². The van der Waals surface area contributed by atoms with Gasteiger partial charge in [-0.1, -0.05) is 17.7 Å². The summed E-state index contributed by atoms with van der Waals surface area (Å²) in [5, 5.41) is 0.661. The summed E-state index contributed by atoms with van der Waals surface area (Å²) in [5.41, 5.74) is 6.85. The highest BCUT2D eigenvalue weighted by atomic mass is 35.5. The van der Waals surface area contributed by atoms with Gasteiger partial charge in [0.25, 0.3) is 0 Å². The molecule has 0 spiro atoms. The molecule has 74 valence electrons. The molecule has 14 heavy (non-hydrogen) atoms. The fourth-order valence-electron chi connectivity index (χ4n) is 0.820. The standard InChI is InChI=1S/C10H10Cl2N2/c11-7-9(13)4-5-14-10-3-1-2-8(12)6-10/h1-6H,7,13H2/b9-4-,14-5?. The van der Waals surface area contributed by atoms with Crippen molar-refractivity contribution in [3.63, 3.8) is 0 Å². The van der Waals surface area contributed by atoms with Crippen molar-refractivity contribution in [3.05, 3.63) is 41.1 Å². The van der Waals surface area contributed by atoms with E-state index in [2.05, 4.69) is 4.99 Å². The van der Waals surface area contributed by atoms with Gasteiger partial charge in [0.15, 0.2) is 0 Å². The van der Waals surface area contributed by atoms with Crippen LogP contribution in [0.3, 0.4) is 0 Å². The molecular formula is C10H10Cl2N2. The van der Waals surface area contributed by atoms with Gasteiger partial charge in [0.05, 0.1) is 11.6 Å². The molecule has 0 aliphatic rings. The van der Waals surface area contributed by atoms with Gasteiger partial charge in [0.2, 0.25) is 0 Å². The van der Waals surface area contributed by atoms with E-state index in [0.29, 0.717) is 16.6 Å². The molecule has 4 heteroatoms. The first-order chi connectivity index (χ1) is 6.72. The van der Waals surface area contributed by atoms with Crippen LogP contribution in [-0.2, 0) is 0 Å². The van der Waals surface area contributed by atoms with Gasteiger partial charge >= 0.3 is 0 Å². The summed E-state index contributed by atoms with van der Waals surface area (Å²) in [7, 11) is 0. The Morgan fingerprint density at radius 3 is 2.93 bits per heavy atom. The Kier molecular flexibility index (Phi) is 4.50. The molecule has 0 fully saturated rings. The monoisotopic (exact) mass is 228 g/mol. The number of alkyl halides is 1. The lowest BCUT2D eigenvalue weighted by atomic mass is 10.3. The van der Waals surface area contributed by atoms with Gasteiger partial charge in [-0.15, -0.1) is 11.6 Å². The Hall–Kier alpha value is -0.990. The van der Waals surface area contributed by atoms with Crippen LogP contribution in [0.4, 0.5) is 5.69 Å². The average Bonchev–Trinajstić information content (AvgIpc) is 2.17. The van der Waals surface area contributed by atoms with E-state index in [4.69, 9.17) is 28.9 Å². The van der Waals surface area contributed by atoms with Crippen molar-refractivity contribution in [2.45, 2.75) is 0 Å². The summed E-state index contributed by atoms with van der Waals surface area (Å²) in [6.45, 7) is 0. The normalized spacial score (nSPS) is 12.3. The van der Waals surface area contributed by atoms with Crippen molar-refractivity contribution in [2.75, 3.05) is 5.88 Å². The predicted octanol–water partition coefficient (Wildman–Crippen LogP) is 3.12. The molecule has 2 nitrogen and oxygen atoms in total. The van der Waals surface area contributed by atoms with Crippen molar-refractivity contribution in [3.8, 4) is 0 Å². The number of hydrogen-bond acceptors (Lipinski definition) is 2. The van der Waals surface area contributed by atoms with E-state index in [1.807, 2.05) is 12.1 Å². The number of benzene rings is 1. The van der Waals surface area contributed by atoms with Gasteiger partial charge in [-0.05, 0) is 24.3 Å². The number of hydrogen-bond donors (Lipinski definition) is 1. The second kappa shape index (κ2) is 5.68. The number of nitrogens with zero attached hydrogens (tertiary/aromatic N) is 1. The summed E-state index contributed by atoms with van der Waals surface area (Å²) in [5.74, 6) is 0.307. The quantitative estimate of drug-likeness (QED) is 0.627. The van der Waals surface area contributed by atoms with Crippen molar-refractivity contribution >= 4 is 35.1 Å². The fourth-order valence-corrected chi connectivity index (χ4v) is 1.09. The van der Waals surface area contributed by atoms with E-state index in [1.165, 1.54) is 0 Å². The van der Waals surface area contributed by atoms with Gasteiger partial charge in [-0.3, -0.25) is 4.99 Å². The molecule has 2 N–H and O–H groups in total. The molecule has 0 heterocycles. The molecule has 0 aliphatic heterocycles. The van der Waals surface area contributed by atoms with E-state index < -0.39 is 0 Å². The average molecular weight is 229 g/mol. The van der Waals surface area contributed by atoms with E-state index in [1.54, 1.807) is 24.4 Å². The zero-order chi connectivity index (χ0) is 10.4. The van der Waals surface area contributed by atoms with Crippen molar-refractivity contribution < 1.29 is 0 Å². The van der Waals surface area contributed by atoms with Crippen LogP contribution in [0, 0.1) is 0 Å². The van der Waals surface area contributed by atoms with Crippen LogP contribution in [0.1, 0.15) is 0 Å². The Morgan fingerprint density at radius 2 is 2.29 bits per heavy atom. The van der Waals surface area contributed by atoms with Crippen LogP contribution in [0.2, 0.25) is 5.02 Å². The maximum atomic E-state index is 5.78. The summed E-state index contributed by atoms with van der Waals surface area (Å²) in [6, 6.07) is 7.25. The first kappa shape index (κ1) is 11.1. The first-order valence-electron chi connectivity index (χ1n) is 4.02. The van der Waals surface area contributed by atoms with Gasteiger partial charge in [0, 0.05) is 16.9 Å². The first-order valence-corrected chi connectivity index (χ1v) is 4.94. The molecule has 1 aromatic rings. The smallest absolute Gasteiger partial charge is 0.0644 e. The SMILES string of the molecule is N/C(=C\C=Nc1cccc(Cl)c1)CCl. The summed E-state index contributed by atoms with van der Waals surface area (Å²) in [4.78, 5) is 4.13. The number of allylic oxidation sites excluding steroid dienone is 2. The highest BCUT2D eigenvalue weighted by Gasteiger charge is 1.88. The summed E-state index contributed by atoms with van der Waals surface area (Å²) in [6.07, 6.45) is 3.26. The summed E-state index contributed by atoms with van der Waals surface area (Å²) < 4.78 is 0. The number of aliphatic imine (C=N–C) groups is 1. The minimum absolute atomic E-state index is 0.307. The fraction of sp³-hybridized carbons (Fsp3) is 0.100. The molecule has 0 atom stereocenters. The molecule has 0 saturated carbocycles. The number of halogens is 2. The number of nitrogens with two attached hydrogens (primary N) is 1. The van der Waals surface area contributed by atoms with Crippen LogP contribution >= 0.6 is 23.2 Å². The maximum Gasteiger partial charge on any atom is 0.0644 e. The molecule has 0 unspecified atom stereocenters. The van der Waals surface area contributed by atoms with Crippen molar-refractivity contribution in [2.24, 2.45) is 10.7 Å². The largest absolute Gasteiger partial charge is 0.401 e. The van der Waals surface area contributed by atoms with Crippen LogP contribution in [0.5, 0.6) is 0 Å². The zero-order valence-corrected chi connectivity index (χ0v) is 8.96.